The maximum atomic E-state index is 12.4. The fourth-order valence-electron chi connectivity index (χ4n) is 2.08. The van der Waals surface area contributed by atoms with Crippen molar-refractivity contribution in [3.05, 3.63) is 30.3 Å². The highest BCUT2D eigenvalue weighted by atomic mass is 16.2. The summed E-state index contributed by atoms with van der Waals surface area (Å²) in [6.45, 7) is 9.00. The minimum atomic E-state index is -0.520. The molecule has 0 bridgehead atoms. The summed E-state index contributed by atoms with van der Waals surface area (Å²) in [6, 6.07) is 8.29. The smallest absolute Gasteiger partial charge is 0.319 e. The Morgan fingerprint density at radius 2 is 1.67 bits per heavy atom. The SMILES string of the molecule is CCN(CC)C(=O)C(NC(=O)Nc1ccccc1)C(C)C. The highest BCUT2D eigenvalue weighted by Crippen LogP contribution is 2.08. The van der Waals surface area contributed by atoms with Gasteiger partial charge in [0, 0.05) is 18.8 Å². The molecule has 0 aliphatic rings. The molecule has 1 aromatic carbocycles. The van der Waals surface area contributed by atoms with E-state index in [2.05, 4.69) is 10.6 Å². The monoisotopic (exact) mass is 291 g/mol. The minimum absolute atomic E-state index is 0.0274. The van der Waals surface area contributed by atoms with Gasteiger partial charge in [0.15, 0.2) is 0 Å². The maximum Gasteiger partial charge on any atom is 0.319 e. The largest absolute Gasteiger partial charge is 0.341 e. The van der Waals surface area contributed by atoms with Crippen LogP contribution in [0.1, 0.15) is 27.7 Å². The van der Waals surface area contributed by atoms with Gasteiger partial charge in [-0.3, -0.25) is 4.79 Å². The first-order valence-corrected chi connectivity index (χ1v) is 7.40. The highest BCUT2D eigenvalue weighted by Gasteiger charge is 2.27. The molecular formula is C16H25N3O2. The molecule has 1 rings (SSSR count). The number of urea groups is 1. The van der Waals surface area contributed by atoms with Crippen molar-refractivity contribution in [1.29, 1.82) is 0 Å². The third-order valence-corrected chi connectivity index (χ3v) is 3.33. The van der Waals surface area contributed by atoms with Gasteiger partial charge in [0.25, 0.3) is 0 Å². The standard InChI is InChI=1S/C16H25N3O2/c1-5-19(6-2)15(20)14(12(3)4)18-16(21)17-13-10-8-7-9-11-13/h7-12,14H,5-6H2,1-4H3,(H2,17,18,21). The first-order chi connectivity index (χ1) is 9.99. The zero-order valence-corrected chi connectivity index (χ0v) is 13.2. The summed E-state index contributed by atoms with van der Waals surface area (Å²) >= 11 is 0. The molecule has 116 valence electrons. The summed E-state index contributed by atoms with van der Waals surface area (Å²) in [5.41, 5.74) is 0.702. The molecule has 0 aliphatic heterocycles. The number of anilines is 1. The summed E-state index contributed by atoms with van der Waals surface area (Å²) < 4.78 is 0. The van der Waals surface area contributed by atoms with Crippen LogP contribution in [0, 0.1) is 5.92 Å². The third kappa shape index (κ3) is 5.10. The van der Waals surface area contributed by atoms with Gasteiger partial charge in [0.1, 0.15) is 6.04 Å². The van der Waals surface area contributed by atoms with Gasteiger partial charge in [0.2, 0.25) is 5.91 Å². The van der Waals surface area contributed by atoms with Crippen LogP contribution in [0.3, 0.4) is 0 Å². The van der Waals surface area contributed by atoms with Gasteiger partial charge in [-0.25, -0.2) is 4.79 Å². The second-order valence-electron chi connectivity index (χ2n) is 5.20. The lowest BCUT2D eigenvalue weighted by Gasteiger charge is -2.28. The molecule has 0 saturated carbocycles. The lowest BCUT2D eigenvalue weighted by Crippen LogP contribution is -2.52. The lowest BCUT2D eigenvalue weighted by molar-refractivity contribution is -0.133. The Morgan fingerprint density at radius 3 is 2.14 bits per heavy atom. The van der Waals surface area contributed by atoms with Crippen LogP contribution in [-0.4, -0.2) is 36.0 Å². The highest BCUT2D eigenvalue weighted by molar-refractivity contribution is 5.93. The van der Waals surface area contributed by atoms with Gasteiger partial charge < -0.3 is 15.5 Å². The van der Waals surface area contributed by atoms with E-state index < -0.39 is 6.04 Å². The van der Waals surface area contributed by atoms with Crippen LogP contribution < -0.4 is 10.6 Å². The van der Waals surface area contributed by atoms with E-state index in [1.54, 1.807) is 17.0 Å². The fourth-order valence-corrected chi connectivity index (χ4v) is 2.08. The number of hydrogen-bond donors (Lipinski definition) is 2. The molecule has 5 nitrogen and oxygen atoms in total. The van der Waals surface area contributed by atoms with Crippen molar-refractivity contribution in [1.82, 2.24) is 10.2 Å². The normalized spacial score (nSPS) is 11.9. The van der Waals surface area contributed by atoms with E-state index in [-0.39, 0.29) is 17.9 Å². The van der Waals surface area contributed by atoms with Crippen LogP contribution in [0.4, 0.5) is 10.5 Å². The molecule has 0 heterocycles. The number of rotatable bonds is 6. The van der Waals surface area contributed by atoms with E-state index in [1.165, 1.54) is 0 Å². The maximum absolute atomic E-state index is 12.4. The zero-order chi connectivity index (χ0) is 15.8. The average molecular weight is 291 g/mol. The number of carbonyl (C=O) groups excluding carboxylic acids is 2. The Hall–Kier alpha value is -2.04. The van der Waals surface area contributed by atoms with Crippen LogP contribution in [0.5, 0.6) is 0 Å². The van der Waals surface area contributed by atoms with Crippen molar-refractivity contribution >= 4 is 17.6 Å². The van der Waals surface area contributed by atoms with Gasteiger partial charge in [-0.2, -0.15) is 0 Å². The van der Waals surface area contributed by atoms with Crippen molar-refractivity contribution < 1.29 is 9.59 Å². The Morgan fingerprint density at radius 1 is 1.10 bits per heavy atom. The number of likely N-dealkylation sites (N-methyl/N-ethyl adjacent to an activating group) is 1. The van der Waals surface area contributed by atoms with Crippen molar-refractivity contribution in [2.45, 2.75) is 33.7 Å². The predicted molar refractivity (Wildman–Crippen MR) is 85.2 cm³/mol. The molecule has 5 heteroatoms. The molecular weight excluding hydrogens is 266 g/mol. The molecule has 0 saturated heterocycles. The molecule has 2 N–H and O–H groups in total. The topological polar surface area (TPSA) is 61.4 Å². The molecule has 0 aliphatic carbocycles. The van der Waals surface area contributed by atoms with E-state index in [0.717, 1.165) is 0 Å². The van der Waals surface area contributed by atoms with Gasteiger partial charge >= 0.3 is 6.03 Å². The van der Waals surface area contributed by atoms with Crippen LogP contribution in [0.25, 0.3) is 0 Å². The Balaban J connectivity index is 2.70. The minimum Gasteiger partial charge on any atom is -0.341 e. The molecule has 0 spiro atoms. The van der Waals surface area contributed by atoms with E-state index in [9.17, 15) is 9.59 Å². The molecule has 0 fully saturated rings. The van der Waals surface area contributed by atoms with E-state index in [1.807, 2.05) is 45.9 Å². The Labute approximate surface area is 126 Å². The number of nitrogens with one attached hydrogen (secondary N) is 2. The van der Waals surface area contributed by atoms with Crippen molar-refractivity contribution in [2.24, 2.45) is 5.92 Å². The molecule has 0 radical (unpaired) electrons. The van der Waals surface area contributed by atoms with E-state index >= 15 is 0 Å². The quantitative estimate of drug-likeness (QED) is 0.846. The van der Waals surface area contributed by atoms with Crippen LogP contribution >= 0.6 is 0 Å². The number of hydrogen-bond acceptors (Lipinski definition) is 2. The molecule has 1 aromatic rings. The summed E-state index contributed by atoms with van der Waals surface area (Å²) in [7, 11) is 0. The van der Waals surface area contributed by atoms with Crippen molar-refractivity contribution in [3.63, 3.8) is 0 Å². The first kappa shape index (κ1) is 17.0. The average Bonchev–Trinajstić information content (AvgIpc) is 2.46. The Kier molecular flexibility index (Phi) is 6.72. The second kappa shape index (κ2) is 8.29. The summed E-state index contributed by atoms with van der Waals surface area (Å²) in [5.74, 6) is -0.0159. The van der Waals surface area contributed by atoms with E-state index in [4.69, 9.17) is 0 Å². The van der Waals surface area contributed by atoms with Crippen LogP contribution in [-0.2, 0) is 4.79 Å². The number of carbonyl (C=O) groups is 2. The molecule has 3 amide bonds. The molecule has 1 unspecified atom stereocenters. The van der Waals surface area contributed by atoms with E-state index in [0.29, 0.717) is 18.8 Å². The Bertz CT molecular complexity index is 456. The number of amides is 3. The van der Waals surface area contributed by atoms with Gasteiger partial charge in [0.05, 0.1) is 0 Å². The predicted octanol–water partition coefficient (Wildman–Crippen LogP) is 2.70. The molecule has 0 aromatic heterocycles. The van der Waals surface area contributed by atoms with Crippen molar-refractivity contribution in [2.75, 3.05) is 18.4 Å². The van der Waals surface area contributed by atoms with Crippen LogP contribution in [0.15, 0.2) is 30.3 Å². The second-order valence-corrected chi connectivity index (χ2v) is 5.20. The number of nitrogens with zero attached hydrogens (tertiary/aromatic N) is 1. The fraction of sp³-hybridized carbons (Fsp3) is 0.500. The summed E-state index contributed by atoms with van der Waals surface area (Å²) in [4.78, 5) is 26.2. The first-order valence-electron chi connectivity index (χ1n) is 7.40. The molecule has 21 heavy (non-hydrogen) atoms. The van der Waals surface area contributed by atoms with Gasteiger partial charge in [-0.1, -0.05) is 32.0 Å². The van der Waals surface area contributed by atoms with Crippen LogP contribution in [0.2, 0.25) is 0 Å². The number of benzene rings is 1. The molecule has 1 atom stereocenters. The third-order valence-electron chi connectivity index (χ3n) is 3.33. The number of para-hydroxylation sites is 1. The lowest BCUT2D eigenvalue weighted by atomic mass is 10.0. The summed E-state index contributed by atoms with van der Waals surface area (Å²) in [5, 5.41) is 5.51. The van der Waals surface area contributed by atoms with Gasteiger partial charge in [-0.05, 0) is 31.9 Å². The summed E-state index contributed by atoms with van der Waals surface area (Å²) in [6.07, 6.45) is 0. The zero-order valence-electron chi connectivity index (χ0n) is 13.2. The van der Waals surface area contributed by atoms with Gasteiger partial charge in [-0.15, -0.1) is 0 Å². The van der Waals surface area contributed by atoms with Crippen molar-refractivity contribution in [3.8, 4) is 0 Å².